The molecule has 1 heteroatoms. The van der Waals surface area contributed by atoms with Crippen LogP contribution in [0.1, 0.15) is 51.0 Å². The smallest absolute Gasteiger partial charge is 0.127 e. The van der Waals surface area contributed by atoms with Gasteiger partial charge in [-0.1, -0.05) is 81.1 Å². The molecule has 3 aromatic rings. The van der Waals surface area contributed by atoms with Crippen LogP contribution < -0.4 is 4.74 Å². The summed E-state index contributed by atoms with van der Waals surface area (Å²) in [5.41, 5.74) is 3.92. The highest BCUT2D eigenvalue weighted by molar-refractivity contribution is 5.98. The van der Waals surface area contributed by atoms with Gasteiger partial charge in [-0.25, -0.2) is 0 Å². The molecule has 0 aliphatic heterocycles. The van der Waals surface area contributed by atoms with Crippen LogP contribution in [0, 0.1) is 5.92 Å². The van der Waals surface area contributed by atoms with E-state index in [9.17, 15) is 0 Å². The molecule has 0 N–H and O–H groups in total. The van der Waals surface area contributed by atoms with Crippen molar-refractivity contribution in [3.63, 3.8) is 0 Å². The highest BCUT2D eigenvalue weighted by Gasteiger charge is 2.16. The monoisotopic (exact) mass is 358 g/mol. The van der Waals surface area contributed by atoms with E-state index in [1.807, 2.05) is 0 Å². The summed E-state index contributed by atoms with van der Waals surface area (Å²) in [6.07, 6.45) is 9.02. The van der Waals surface area contributed by atoms with Gasteiger partial charge in [0, 0.05) is 5.56 Å². The van der Waals surface area contributed by atoms with Crippen LogP contribution in [0.4, 0.5) is 0 Å². The lowest BCUT2D eigenvalue weighted by Gasteiger charge is -2.23. The number of benzene rings is 3. The van der Waals surface area contributed by atoms with Crippen molar-refractivity contribution in [1.82, 2.24) is 0 Å². The van der Waals surface area contributed by atoms with Crippen LogP contribution in [0.15, 0.2) is 60.7 Å². The summed E-state index contributed by atoms with van der Waals surface area (Å²) >= 11 is 0. The van der Waals surface area contributed by atoms with E-state index in [0.717, 1.165) is 31.1 Å². The first-order valence-corrected chi connectivity index (χ1v) is 10.6. The van der Waals surface area contributed by atoms with Gasteiger partial charge in [0.05, 0.1) is 6.61 Å². The lowest BCUT2D eigenvalue weighted by atomic mass is 9.90. The van der Waals surface area contributed by atoms with E-state index >= 15 is 0 Å². The first-order chi connectivity index (χ1) is 13.3. The molecule has 1 aliphatic rings. The molecule has 0 spiro atoms. The van der Waals surface area contributed by atoms with Crippen molar-refractivity contribution in [2.24, 2.45) is 5.92 Å². The molecule has 140 valence electrons. The Labute approximate surface area is 163 Å². The van der Waals surface area contributed by atoms with Gasteiger partial charge in [-0.3, -0.25) is 0 Å². The van der Waals surface area contributed by atoms with E-state index in [-0.39, 0.29) is 0 Å². The zero-order valence-electron chi connectivity index (χ0n) is 16.4. The molecule has 0 unspecified atom stereocenters. The zero-order valence-corrected chi connectivity index (χ0v) is 16.4. The molecule has 27 heavy (non-hydrogen) atoms. The largest absolute Gasteiger partial charge is 0.493 e. The summed E-state index contributed by atoms with van der Waals surface area (Å²) in [4.78, 5) is 0. The summed E-state index contributed by atoms with van der Waals surface area (Å²) in [5.74, 6) is 1.76. The molecule has 4 rings (SSSR count). The number of hydrogen-bond acceptors (Lipinski definition) is 1. The highest BCUT2D eigenvalue weighted by Crippen LogP contribution is 2.37. The van der Waals surface area contributed by atoms with Crippen molar-refractivity contribution in [1.29, 1.82) is 0 Å². The maximum Gasteiger partial charge on any atom is 0.127 e. The fourth-order valence-corrected chi connectivity index (χ4v) is 4.38. The van der Waals surface area contributed by atoms with Crippen molar-refractivity contribution in [2.45, 2.75) is 51.9 Å². The predicted molar refractivity (Wildman–Crippen MR) is 115 cm³/mol. The molecular weight excluding hydrogens is 328 g/mol. The van der Waals surface area contributed by atoms with Gasteiger partial charge in [0.1, 0.15) is 5.75 Å². The van der Waals surface area contributed by atoms with Gasteiger partial charge in [-0.05, 0) is 59.2 Å². The topological polar surface area (TPSA) is 9.23 Å². The number of aryl methyl sites for hydroxylation is 1. The second kappa shape index (κ2) is 8.61. The van der Waals surface area contributed by atoms with Crippen molar-refractivity contribution in [3.05, 3.63) is 66.2 Å². The third-order valence-corrected chi connectivity index (χ3v) is 5.86. The average molecular weight is 359 g/mol. The van der Waals surface area contributed by atoms with E-state index in [4.69, 9.17) is 4.74 Å². The summed E-state index contributed by atoms with van der Waals surface area (Å²) in [5, 5.41) is 2.59. The Balaban J connectivity index is 1.70. The Morgan fingerprint density at radius 3 is 2.52 bits per heavy atom. The lowest BCUT2D eigenvalue weighted by molar-refractivity contribution is 0.209. The van der Waals surface area contributed by atoms with Gasteiger partial charge in [0.25, 0.3) is 0 Å². The van der Waals surface area contributed by atoms with Crippen molar-refractivity contribution < 1.29 is 4.74 Å². The summed E-state index contributed by atoms with van der Waals surface area (Å²) < 4.78 is 6.41. The normalized spacial score (nSPS) is 15.1. The third-order valence-electron chi connectivity index (χ3n) is 5.86. The lowest BCUT2D eigenvalue weighted by Crippen LogP contribution is -2.15. The molecule has 1 aliphatic carbocycles. The molecule has 0 radical (unpaired) electrons. The fraction of sp³-hybridized carbons (Fsp3) is 0.385. The summed E-state index contributed by atoms with van der Waals surface area (Å²) in [6.45, 7) is 3.09. The van der Waals surface area contributed by atoms with Crippen LogP contribution in [0.2, 0.25) is 0 Å². The maximum absolute atomic E-state index is 6.41. The minimum atomic E-state index is 0.717. The molecule has 0 amide bonds. The molecule has 0 bridgehead atoms. The van der Waals surface area contributed by atoms with Crippen molar-refractivity contribution >= 4 is 10.8 Å². The molecular formula is C26H30O. The minimum absolute atomic E-state index is 0.717. The maximum atomic E-state index is 6.41. The number of hydrogen-bond donors (Lipinski definition) is 0. The molecule has 0 atom stereocenters. The van der Waals surface area contributed by atoms with Crippen molar-refractivity contribution in [2.75, 3.05) is 6.61 Å². The van der Waals surface area contributed by atoms with Crippen LogP contribution >= 0.6 is 0 Å². The van der Waals surface area contributed by atoms with E-state index in [2.05, 4.69) is 67.6 Å². The predicted octanol–water partition coefficient (Wildman–Crippen LogP) is 7.42. The number of rotatable bonds is 6. The molecule has 1 nitrogen and oxygen atoms in total. The number of ether oxygens (including phenoxy) is 1. The van der Waals surface area contributed by atoms with Crippen molar-refractivity contribution in [3.8, 4) is 16.9 Å². The Morgan fingerprint density at radius 1 is 0.852 bits per heavy atom. The molecule has 0 aromatic heterocycles. The van der Waals surface area contributed by atoms with Crippen LogP contribution in [-0.2, 0) is 6.42 Å². The average Bonchev–Trinajstić information content (AvgIpc) is 2.73. The molecule has 0 heterocycles. The molecule has 1 saturated carbocycles. The second-order valence-electron chi connectivity index (χ2n) is 7.92. The van der Waals surface area contributed by atoms with Gasteiger partial charge in [-0.2, -0.15) is 0 Å². The Kier molecular flexibility index (Phi) is 5.77. The van der Waals surface area contributed by atoms with E-state index in [1.54, 1.807) is 0 Å². The van der Waals surface area contributed by atoms with Gasteiger partial charge in [0.2, 0.25) is 0 Å². The van der Waals surface area contributed by atoms with Gasteiger partial charge < -0.3 is 4.74 Å². The van der Waals surface area contributed by atoms with Crippen LogP contribution in [0.3, 0.4) is 0 Å². The summed E-state index contributed by atoms with van der Waals surface area (Å²) in [6, 6.07) is 22.0. The standard InChI is InChI=1S/C26H30O/c1-2-9-20-16-17-26(27-19-21-10-4-3-5-11-21)25(18-20)24-15-8-13-22-12-6-7-14-23(22)24/h6-8,12-18,21H,2-5,9-11,19H2,1H3. The van der Waals surface area contributed by atoms with Crippen LogP contribution in [0.25, 0.3) is 21.9 Å². The Morgan fingerprint density at radius 2 is 1.67 bits per heavy atom. The highest BCUT2D eigenvalue weighted by atomic mass is 16.5. The first-order valence-electron chi connectivity index (χ1n) is 10.6. The zero-order chi connectivity index (χ0) is 18.5. The first kappa shape index (κ1) is 18.1. The fourth-order valence-electron chi connectivity index (χ4n) is 4.38. The summed E-state index contributed by atoms with van der Waals surface area (Å²) in [7, 11) is 0. The van der Waals surface area contributed by atoms with E-state index in [1.165, 1.54) is 59.6 Å². The van der Waals surface area contributed by atoms with E-state index < -0.39 is 0 Å². The molecule has 0 saturated heterocycles. The quantitative estimate of drug-likeness (QED) is 0.445. The van der Waals surface area contributed by atoms with E-state index in [0.29, 0.717) is 0 Å². The third kappa shape index (κ3) is 4.18. The SMILES string of the molecule is CCCc1ccc(OCC2CCCCC2)c(-c2cccc3ccccc23)c1. The molecule has 1 fully saturated rings. The van der Waals surface area contributed by atoms with Crippen LogP contribution in [-0.4, -0.2) is 6.61 Å². The number of fused-ring (bicyclic) bond motifs is 1. The van der Waals surface area contributed by atoms with Gasteiger partial charge >= 0.3 is 0 Å². The Bertz CT molecular complexity index is 884. The second-order valence-corrected chi connectivity index (χ2v) is 7.92. The van der Waals surface area contributed by atoms with Crippen LogP contribution in [0.5, 0.6) is 5.75 Å². The Hall–Kier alpha value is -2.28. The minimum Gasteiger partial charge on any atom is -0.493 e. The van der Waals surface area contributed by atoms with Gasteiger partial charge in [-0.15, -0.1) is 0 Å². The van der Waals surface area contributed by atoms with Gasteiger partial charge in [0.15, 0.2) is 0 Å². The molecule has 3 aromatic carbocycles.